The summed E-state index contributed by atoms with van der Waals surface area (Å²) in [7, 11) is 3.21. The first-order valence-corrected chi connectivity index (χ1v) is 9.46. The molecule has 0 amide bonds. The highest BCUT2D eigenvalue weighted by Crippen LogP contribution is 2.41. The Balaban J connectivity index is 0.00000109. The maximum atomic E-state index is 5.31. The first kappa shape index (κ1) is 22.1. The summed E-state index contributed by atoms with van der Waals surface area (Å²) in [6.07, 6.45) is 5.56. The van der Waals surface area contributed by atoms with Crippen LogP contribution in [0.1, 0.15) is 23.1 Å². The predicted octanol–water partition coefficient (Wildman–Crippen LogP) is 5.05. The second kappa shape index (κ2) is 10.3. The number of methoxy groups -OCH3 is 1. The van der Waals surface area contributed by atoms with Gasteiger partial charge in [0.2, 0.25) is 0 Å². The van der Waals surface area contributed by atoms with Gasteiger partial charge in [0.1, 0.15) is 10.6 Å². The average molecular weight is 374 g/mol. The number of ether oxygens (including phenoxy) is 1. The predicted molar refractivity (Wildman–Crippen MR) is 115 cm³/mol. The lowest BCUT2D eigenvalue weighted by atomic mass is 10.0. The molecule has 5 heteroatoms. The Kier molecular flexibility index (Phi) is 8.72. The van der Waals surface area contributed by atoms with Crippen LogP contribution in [0.25, 0.3) is 0 Å². The molecule has 2 aromatic rings. The van der Waals surface area contributed by atoms with E-state index in [9.17, 15) is 0 Å². The van der Waals surface area contributed by atoms with Crippen LogP contribution in [0.3, 0.4) is 0 Å². The molecule has 2 aromatic carbocycles. The molecule has 0 heterocycles. The molecular formula is C21H31N3OS. The van der Waals surface area contributed by atoms with Crippen molar-refractivity contribution in [3.05, 3.63) is 71.3 Å². The van der Waals surface area contributed by atoms with Gasteiger partial charge in [-0.1, -0.05) is 42.0 Å². The maximum absolute atomic E-state index is 5.31. The van der Waals surface area contributed by atoms with Gasteiger partial charge in [0.05, 0.1) is 7.11 Å². The van der Waals surface area contributed by atoms with Gasteiger partial charge < -0.3 is 21.9 Å². The summed E-state index contributed by atoms with van der Waals surface area (Å²) < 4.78 is 5.31. The number of hydrogen-bond donors (Lipinski definition) is 3. The summed E-state index contributed by atoms with van der Waals surface area (Å²) in [6, 6.07) is 14.9. The van der Waals surface area contributed by atoms with Crippen molar-refractivity contribution in [2.45, 2.75) is 30.9 Å². The molecule has 1 unspecified atom stereocenters. The van der Waals surface area contributed by atoms with Crippen LogP contribution in [0.15, 0.2) is 54.6 Å². The van der Waals surface area contributed by atoms with Gasteiger partial charge in [-0.05, 0) is 50.2 Å². The molecule has 3 rings (SSSR count). The molecule has 0 fully saturated rings. The summed E-state index contributed by atoms with van der Waals surface area (Å²) >= 11 is 1.94. The molecule has 0 aromatic heterocycles. The number of benzene rings is 2. The molecule has 1 aliphatic carbocycles. The minimum absolute atomic E-state index is 0. The van der Waals surface area contributed by atoms with Crippen molar-refractivity contribution in [1.29, 1.82) is 0 Å². The molecule has 0 spiro atoms. The van der Waals surface area contributed by atoms with Crippen LogP contribution >= 0.6 is 11.8 Å². The largest absolute Gasteiger partial charge is 0.497 e. The van der Waals surface area contributed by atoms with E-state index in [0.29, 0.717) is 0 Å². The minimum atomic E-state index is 0. The highest BCUT2D eigenvalue weighted by atomic mass is 32.2. The molecular weight excluding hydrogens is 342 g/mol. The van der Waals surface area contributed by atoms with Crippen molar-refractivity contribution in [1.82, 2.24) is 6.15 Å². The monoisotopic (exact) mass is 373 g/mol. The summed E-state index contributed by atoms with van der Waals surface area (Å²) in [6.45, 7) is 4.30. The third-order valence-corrected chi connectivity index (χ3v) is 5.56. The van der Waals surface area contributed by atoms with Gasteiger partial charge in [0, 0.05) is 17.9 Å². The van der Waals surface area contributed by atoms with Crippen molar-refractivity contribution < 1.29 is 4.74 Å². The van der Waals surface area contributed by atoms with Gasteiger partial charge in [-0.25, -0.2) is 0 Å². The SMILES string of the molecule is CN.COc1cccc(CSC2(Nc3ccc(C)cc3C)C=CC2)c1.N. The van der Waals surface area contributed by atoms with Crippen LogP contribution in [0.5, 0.6) is 5.75 Å². The van der Waals surface area contributed by atoms with E-state index in [-0.39, 0.29) is 11.0 Å². The normalized spacial score (nSPS) is 17.3. The van der Waals surface area contributed by atoms with Crippen molar-refractivity contribution in [2.75, 3.05) is 19.5 Å². The zero-order chi connectivity index (χ0) is 18.3. The molecule has 26 heavy (non-hydrogen) atoms. The van der Waals surface area contributed by atoms with E-state index < -0.39 is 0 Å². The molecule has 0 radical (unpaired) electrons. The molecule has 0 saturated heterocycles. The van der Waals surface area contributed by atoms with E-state index in [0.717, 1.165) is 17.9 Å². The van der Waals surface area contributed by atoms with Gasteiger partial charge in [0.25, 0.3) is 0 Å². The second-order valence-electron chi connectivity index (χ2n) is 6.08. The van der Waals surface area contributed by atoms with Crippen LogP contribution in [-0.2, 0) is 5.75 Å². The fourth-order valence-electron chi connectivity index (χ4n) is 2.72. The number of anilines is 1. The molecule has 142 valence electrons. The fraction of sp³-hybridized carbons (Fsp3) is 0.333. The Hall–Kier alpha value is -1.95. The van der Waals surface area contributed by atoms with E-state index in [2.05, 4.69) is 73.4 Å². The highest BCUT2D eigenvalue weighted by molar-refractivity contribution is 8.00. The molecule has 0 bridgehead atoms. The molecule has 6 N–H and O–H groups in total. The second-order valence-corrected chi connectivity index (χ2v) is 7.39. The lowest BCUT2D eigenvalue weighted by Crippen LogP contribution is -2.37. The number of thioether (sulfide) groups is 1. The van der Waals surface area contributed by atoms with Crippen LogP contribution in [0.4, 0.5) is 5.69 Å². The fourth-order valence-corrected chi connectivity index (χ4v) is 3.92. The first-order chi connectivity index (χ1) is 12.1. The summed E-state index contributed by atoms with van der Waals surface area (Å²) in [5, 5.41) is 3.73. The number of rotatable bonds is 6. The highest BCUT2D eigenvalue weighted by Gasteiger charge is 2.32. The van der Waals surface area contributed by atoms with Crippen LogP contribution in [-0.4, -0.2) is 19.0 Å². The molecule has 1 atom stereocenters. The van der Waals surface area contributed by atoms with E-state index in [1.54, 1.807) is 7.11 Å². The van der Waals surface area contributed by atoms with Gasteiger partial charge in [-0.15, -0.1) is 11.8 Å². The topological polar surface area (TPSA) is 82.3 Å². The van der Waals surface area contributed by atoms with Crippen LogP contribution < -0.4 is 21.9 Å². The smallest absolute Gasteiger partial charge is 0.119 e. The summed E-state index contributed by atoms with van der Waals surface area (Å²) in [4.78, 5) is 0.00307. The number of nitrogens with one attached hydrogen (secondary N) is 1. The number of hydrogen-bond acceptors (Lipinski definition) is 5. The van der Waals surface area contributed by atoms with Crippen molar-refractivity contribution in [3.63, 3.8) is 0 Å². The van der Waals surface area contributed by atoms with Gasteiger partial charge in [-0.3, -0.25) is 0 Å². The summed E-state index contributed by atoms with van der Waals surface area (Å²) in [5.74, 6) is 1.88. The van der Waals surface area contributed by atoms with Crippen molar-refractivity contribution in [3.8, 4) is 5.75 Å². The van der Waals surface area contributed by atoms with Crippen LogP contribution in [0, 0.1) is 13.8 Å². The lowest BCUT2D eigenvalue weighted by molar-refractivity contribution is 0.414. The zero-order valence-corrected chi connectivity index (χ0v) is 17.0. The molecule has 0 saturated carbocycles. The third kappa shape index (κ3) is 5.53. The average Bonchev–Trinajstić information content (AvgIpc) is 2.61. The standard InChI is InChI=1S/C20H23NOS.CH5N.H3N/c1-15-8-9-19(16(2)12-15)21-20(10-5-11-20)23-14-17-6-4-7-18(13-17)22-3;1-2;/h4-10,12-13,21H,11,14H2,1-3H3;2H2,1H3;1H3. The zero-order valence-electron chi connectivity index (χ0n) is 16.2. The van der Waals surface area contributed by atoms with E-state index in [1.807, 2.05) is 17.8 Å². The van der Waals surface area contributed by atoms with Crippen LogP contribution in [0.2, 0.25) is 0 Å². The molecule has 0 aliphatic heterocycles. The Morgan fingerprint density at radius 1 is 1.15 bits per heavy atom. The summed E-state index contributed by atoms with van der Waals surface area (Å²) in [5.41, 5.74) is 9.61. The number of nitrogens with two attached hydrogens (primary N) is 1. The van der Waals surface area contributed by atoms with E-state index in [1.165, 1.54) is 29.4 Å². The van der Waals surface area contributed by atoms with Gasteiger partial charge in [-0.2, -0.15) is 0 Å². The lowest BCUT2D eigenvalue weighted by Gasteiger charge is -2.37. The third-order valence-electron chi connectivity index (χ3n) is 4.17. The first-order valence-electron chi connectivity index (χ1n) is 8.48. The molecule has 4 nitrogen and oxygen atoms in total. The van der Waals surface area contributed by atoms with E-state index >= 15 is 0 Å². The van der Waals surface area contributed by atoms with Crippen molar-refractivity contribution in [2.24, 2.45) is 5.73 Å². The minimum Gasteiger partial charge on any atom is -0.497 e. The Morgan fingerprint density at radius 2 is 1.88 bits per heavy atom. The van der Waals surface area contributed by atoms with Gasteiger partial charge in [0.15, 0.2) is 0 Å². The Bertz CT molecular complexity index is 733. The maximum Gasteiger partial charge on any atom is 0.119 e. The Labute approximate surface area is 161 Å². The van der Waals surface area contributed by atoms with Crippen molar-refractivity contribution >= 4 is 17.4 Å². The van der Waals surface area contributed by atoms with E-state index in [4.69, 9.17) is 4.74 Å². The van der Waals surface area contributed by atoms with Gasteiger partial charge >= 0.3 is 0 Å². The number of aryl methyl sites for hydroxylation is 2. The Morgan fingerprint density at radius 3 is 2.46 bits per heavy atom. The molecule has 1 aliphatic rings. The quantitative estimate of drug-likeness (QED) is 0.487.